The second-order valence-corrected chi connectivity index (χ2v) is 5.13. The second-order valence-electron chi connectivity index (χ2n) is 4.21. The van der Waals surface area contributed by atoms with Gasteiger partial charge in [-0.05, 0) is 24.3 Å². The molecule has 0 aromatic heterocycles. The van der Waals surface area contributed by atoms with Gasteiger partial charge in [0.1, 0.15) is 0 Å². The standard InChI is InChI=1S/C16H15BrO4/c1-19-14-4-3-5-15(20-2)16(14)21-10-13(18)11-6-8-12(17)9-7-11/h3-9H,10H2,1-2H3. The normalized spacial score (nSPS) is 10.0. The molecule has 0 N–H and O–H groups in total. The maximum absolute atomic E-state index is 12.1. The molecule has 2 rings (SSSR count). The fourth-order valence-corrected chi connectivity index (χ4v) is 2.08. The maximum Gasteiger partial charge on any atom is 0.203 e. The molecule has 0 fully saturated rings. The molecule has 0 saturated heterocycles. The third-order valence-electron chi connectivity index (χ3n) is 2.90. The van der Waals surface area contributed by atoms with E-state index in [1.807, 2.05) is 12.1 Å². The number of carbonyl (C=O) groups excluding carboxylic acids is 1. The van der Waals surface area contributed by atoms with E-state index in [0.29, 0.717) is 22.8 Å². The Balaban J connectivity index is 2.12. The zero-order valence-electron chi connectivity index (χ0n) is 11.8. The highest BCUT2D eigenvalue weighted by molar-refractivity contribution is 9.10. The number of methoxy groups -OCH3 is 2. The van der Waals surface area contributed by atoms with E-state index in [0.717, 1.165) is 4.47 Å². The zero-order chi connectivity index (χ0) is 15.2. The van der Waals surface area contributed by atoms with Crippen LogP contribution in [0, 0.1) is 0 Å². The monoisotopic (exact) mass is 350 g/mol. The van der Waals surface area contributed by atoms with Crippen LogP contribution in [-0.2, 0) is 0 Å². The largest absolute Gasteiger partial charge is 0.493 e. The summed E-state index contributed by atoms with van der Waals surface area (Å²) in [5.41, 5.74) is 0.590. The molecule has 0 aliphatic heterocycles. The highest BCUT2D eigenvalue weighted by Crippen LogP contribution is 2.36. The van der Waals surface area contributed by atoms with Crippen LogP contribution in [0.15, 0.2) is 46.9 Å². The van der Waals surface area contributed by atoms with E-state index in [-0.39, 0.29) is 12.4 Å². The Morgan fingerprint density at radius 1 is 1.00 bits per heavy atom. The summed E-state index contributed by atoms with van der Waals surface area (Å²) in [7, 11) is 3.08. The predicted octanol–water partition coefficient (Wildman–Crippen LogP) is 3.73. The van der Waals surface area contributed by atoms with Gasteiger partial charge in [-0.2, -0.15) is 0 Å². The Kier molecular flexibility index (Phi) is 5.22. The number of benzene rings is 2. The molecular weight excluding hydrogens is 336 g/mol. The third kappa shape index (κ3) is 3.76. The molecular formula is C16H15BrO4. The number of rotatable bonds is 6. The molecule has 0 spiro atoms. The molecule has 0 aliphatic rings. The molecule has 2 aromatic carbocycles. The van der Waals surface area contributed by atoms with Gasteiger partial charge in [0.2, 0.25) is 5.75 Å². The van der Waals surface area contributed by atoms with Gasteiger partial charge < -0.3 is 14.2 Å². The summed E-state index contributed by atoms with van der Waals surface area (Å²) in [6.45, 7) is -0.0850. The van der Waals surface area contributed by atoms with Crippen LogP contribution in [0.1, 0.15) is 10.4 Å². The van der Waals surface area contributed by atoms with Crippen LogP contribution in [0.2, 0.25) is 0 Å². The van der Waals surface area contributed by atoms with Gasteiger partial charge in [0.25, 0.3) is 0 Å². The highest BCUT2D eigenvalue weighted by atomic mass is 79.9. The summed E-state index contributed by atoms with van der Waals surface area (Å²) in [4.78, 5) is 12.1. The number of halogens is 1. The number of para-hydroxylation sites is 1. The lowest BCUT2D eigenvalue weighted by molar-refractivity contribution is 0.0917. The smallest absolute Gasteiger partial charge is 0.203 e. The number of carbonyl (C=O) groups is 1. The maximum atomic E-state index is 12.1. The Bertz CT molecular complexity index is 600. The number of hydrogen-bond donors (Lipinski definition) is 0. The highest BCUT2D eigenvalue weighted by Gasteiger charge is 2.14. The predicted molar refractivity (Wildman–Crippen MR) is 83.5 cm³/mol. The van der Waals surface area contributed by atoms with Gasteiger partial charge in [0, 0.05) is 10.0 Å². The van der Waals surface area contributed by atoms with Gasteiger partial charge >= 0.3 is 0 Å². The van der Waals surface area contributed by atoms with Crippen molar-refractivity contribution in [3.8, 4) is 17.2 Å². The van der Waals surface area contributed by atoms with Crippen molar-refractivity contribution in [2.75, 3.05) is 20.8 Å². The molecule has 0 saturated carbocycles. The van der Waals surface area contributed by atoms with Crippen LogP contribution in [0.25, 0.3) is 0 Å². The lowest BCUT2D eigenvalue weighted by Crippen LogP contribution is -2.12. The van der Waals surface area contributed by atoms with Gasteiger partial charge in [0.05, 0.1) is 14.2 Å². The molecule has 0 radical (unpaired) electrons. The summed E-state index contributed by atoms with van der Waals surface area (Å²) in [6.07, 6.45) is 0. The van der Waals surface area contributed by atoms with Crippen molar-refractivity contribution in [1.29, 1.82) is 0 Å². The van der Waals surface area contributed by atoms with Gasteiger partial charge in [-0.15, -0.1) is 0 Å². The van der Waals surface area contributed by atoms with Crippen molar-refractivity contribution in [2.24, 2.45) is 0 Å². The van der Waals surface area contributed by atoms with Gasteiger partial charge in [-0.1, -0.05) is 34.1 Å². The Labute approximate surface area is 131 Å². The SMILES string of the molecule is COc1cccc(OC)c1OCC(=O)c1ccc(Br)cc1. The van der Waals surface area contributed by atoms with Crippen molar-refractivity contribution in [3.05, 3.63) is 52.5 Å². The van der Waals surface area contributed by atoms with E-state index in [1.165, 1.54) is 14.2 Å². The van der Waals surface area contributed by atoms with Crippen molar-refractivity contribution in [3.63, 3.8) is 0 Å². The van der Waals surface area contributed by atoms with E-state index in [4.69, 9.17) is 14.2 Å². The molecule has 0 bridgehead atoms. The molecule has 110 valence electrons. The van der Waals surface area contributed by atoms with E-state index in [1.54, 1.807) is 30.3 Å². The summed E-state index contributed by atoms with van der Waals surface area (Å²) in [6, 6.07) is 12.4. The first-order valence-corrected chi connectivity index (χ1v) is 7.07. The lowest BCUT2D eigenvalue weighted by Gasteiger charge is -2.13. The van der Waals surface area contributed by atoms with Gasteiger partial charge in [-0.25, -0.2) is 0 Å². The number of ether oxygens (including phenoxy) is 3. The first-order valence-electron chi connectivity index (χ1n) is 6.28. The molecule has 0 unspecified atom stereocenters. The zero-order valence-corrected chi connectivity index (χ0v) is 13.3. The molecule has 0 aliphatic carbocycles. The Hall–Kier alpha value is -2.01. The topological polar surface area (TPSA) is 44.8 Å². The number of hydrogen-bond acceptors (Lipinski definition) is 4. The molecule has 2 aromatic rings. The quantitative estimate of drug-likeness (QED) is 0.744. The first kappa shape index (κ1) is 15.4. The summed E-state index contributed by atoms with van der Waals surface area (Å²) >= 11 is 3.33. The van der Waals surface area contributed by atoms with Crippen molar-refractivity contribution >= 4 is 21.7 Å². The van der Waals surface area contributed by atoms with Crippen LogP contribution in [-0.4, -0.2) is 26.6 Å². The van der Waals surface area contributed by atoms with Gasteiger partial charge in [-0.3, -0.25) is 4.79 Å². The molecule has 0 heterocycles. The van der Waals surface area contributed by atoms with Crippen molar-refractivity contribution in [2.45, 2.75) is 0 Å². The van der Waals surface area contributed by atoms with Crippen LogP contribution in [0.5, 0.6) is 17.2 Å². The van der Waals surface area contributed by atoms with E-state index in [9.17, 15) is 4.79 Å². The minimum atomic E-state index is -0.115. The van der Waals surface area contributed by atoms with Crippen LogP contribution < -0.4 is 14.2 Å². The molecule has 4 nitrogen and oxygen atoms in total. The molecule has 0 amide bonds. The summed E-state index contributed by atoms with van der Waals surface area (Å²) in [5.74, 6) is 1.36. The van der Waals surface area contributed by atoms with E-state index >= 15 is 0 Å². The average molecular weight is 351 g/mol. The van der Waals surface area contributed by atoms with Crippen LogP contribution in [0.4, 0.5) is 0 Å². The van der Waals surface area contributed by atoms with Crippen molar-refractivity contribution in [1.82, 2.24) is 0 Å². The van der Waals surface area contributed by atoms with Crippen molar-refractivity contribution < 1.29 is 19.0 Å². The minimum absolute atomic E-state index is 0.0850. The average Bonchev–Trinajstić information content (AvgIpc) is 2.52. The number of Topliss-reactive ketones (excluding diaryl/α,β-unsaturated/α-hetero) is 1. The van der Waals surface area contributed by atoms with Crippen LogP contribution >= 0.6 is 15.9 Å². The third-order valence-corrected chi connectivity index (χ3v) is 3.43. The van der Waals surface area contributed by atoms with Crippen LogP contribution in [0.3, 0.4) is 0 Å². The first-order chi connectivity index (χ1) is 10.2. The fourth-order valence-electron chi connectivity index (χ4n) is 1.82. The van der Waals surface area contributed by atoms with E-state index < -0.39 is 0 Å². The minimum Gasteiger partial charge on any atom is -0.493 e. The van der Waals surface area contributed by atoms with E-state index in [2.05, 4.69) is 15.9 Å². The Morgan fingerprint density at radius 3 is 2.10 bits per heavy atom. The molecule has 0 atom stereocenters. The summed E-state index contributed by atoms with van der Waals surface area (Å²) < 4.78 is 16.9. The lowest BCUT2D eigenvalue weighted by atomic mass is 10.1. The van der Waals surface area contributed by atoms with Gasteiger partial charge in [0.15, 0.2) is 23.9 Å². The molecule has 21 heavy (non-hydrogen) atoms. The summed E-state index contributed by atoms with van der Waals surface area (Å²) in [5, 5.41) is 0. The number of ketones is 1. The second kappa shape index (κ2) is 7.13. The Morgan fingerprint density at radius 2 is 1.57 bits per heavy atom. The molecule has 5 heteroatoms. The fraction of sp³-hybridized carbons (Fsp3) is 0.188.